The minimum absolute atomic E-state index is 0.142. The molecule has 0 bridgehead atoms. The third-order valence-corrected chi connectivity index (χ3v) is 14.0. The number of rotatable bonds is 2. The van der Waals surface area contributed by atoms with Gasteiger partial charge >= 0.3 is 0 Å². The van der Waals surface area contributed by atoms with E-state index in [1.165, 1.54) is 16.3 Å². The van der Waals surface area contributed by atoms with Gasteiger partial charge in [-0.15, -0.1) is 17.9 Å². The molecule has 4 heteroatoms. The Morgan fingerprint density at radius 2 is 1.45 bits per heavy atom. The van der Waals surface area contributed by atoms with Crippen LogP contribution in [0.4, 0.5) is 0 Å². The number of hydrogen-bond acceptors (Lipinski definition) is 0. The van der Waals surface area contributed by atoms with Crippen molar-refractivity contribution in [3.05, 3.63) is 41.5 Å². The Bertz CT molecular complexity index is 678. The molecular weight excluding hydrogens is 340 g/mol. The molecule has 2 rings (SSSR count). The standard InChI is InChI=1S/C18H28P4/c1-17(2,3)15-13-10-8-7-9-12(13)11-14(22(20)21-19)16(15)18(4,5)6/h7-11,21H,19-20H2,1-6H3. The van der Waals surface area contributed by atoms with Crippen LogP contribution in [-0.4, -0.2) is 0 Å². The van der Waals surface area contributed by atoms with Gasteiger partial charge in [-0.05, 0) is 51.4 Å². The summed E-state index contributed by atoms with van der Waals surface area (Å²) in [6.45, 7) is 14.1. The van der Waals surface area contributed by atoms with E-state index in [0.717, 1.165) is 7.96 Å². The highest BCUT2D eigenvalue weighted by molar-refractivity contribution is 8.63. The first kappa shape index (κ1) is 18.8. The lowest BCUT2D eigenvalue weighted by atomic mass is 9.73. The second kappa shape index (κ2) is 6.73. The maximum Gasteiger partial charge on any atom is -0.0111 e. The average molecular weight is 368 g/mol. The first-order valence-electron chi connectivity index (χ1n) is 7.65. The van der Waals surface area contributed by atoms with Gasteiger partial charge in [-0.3, -0.25) is 0 Å². The van der Waals surface area contributed by atoms with Gasteiger partial charge in [-0.25, -0.2) is 0 Å². The second-order valence-electron chi connectivity index (χ2n) is 7.87. The van der Waals surface area contributed by atoms with Crippen LogP contribution in [0.15, 0.2) is 30.3 Å². The summed E-state index contributed by atoms with van der Waals surface area (Å²) in [4.78, 5) is 0. The van der Waals surface area contributed by atoms with Crippen molar-refractivity contribution in [1.29, 1.82) is 0 Å². The van der Waals surface area contributed by atoms with Gasteiger partial charge in [0.15, 0.2) is 0 Å². The van der Waals surface area contributed by atoms with Gasteiger partial charge in [-0.1, -0.05) is 73.8 Å². The smallest absolute Gasteiger partial charge is 0.0111 e. The molecule has 0 amide bonds. The number of benzene rings is 2. The fraction of sp³-hybridized carbons (Fsp3) is 0.444. The van der Waals surface area contributed by atoms with Crippen LogP contribution in [0.3, 0.4) is 0 Å². The van der Waals surface area contributed by atoms with Crippen molar-refractivity contribution in [3.63, 3.8) is 0 Å². The molecular formula is C18H28P4. The summed E-state index contributed by atoms with van der Waals surface area (Å²) in [6.07, 6.45) is 0. The molecule has 0 saturated heterocycles. The second-order valence-corrected chi connectivity index (χ2v) is 17.0. The molecule has 0 heterocycles. The van der Waals surface area contributed by atoms with Crippen molar-refractivity contribution in [1.82, 2.24) is 0 Å². The van der Waals surface area contributed by atoms with Gasteiger partial charge in [0.1, 0.15) is 0 Å². The molecule has 2 aromatic carbocycles. The van der Waals surface area contributed by atoms with Gasteiger partial charge in [0, 0.05) is 0 Å². The molecule has 0 N–H and O–H groups in total. The van der Waals surface area contributed by atoms with Crippen LogP contribution in [0.25, 0.3) is 10.8 Å². The Morgan fingerprint density at radius 3 is 1.95 bits per heavy atom. The fourth-order valence-corrected chi connectivity index (χ4v) is 7.04. The van der Waals surface area contributed by atoms with E-state index in [1.807, 2.05) is 0 Å². The third kappa shape index (κ3) is 3.73. The van der Waals surface area contributed by atoms with E-state index in [9.17, 15) is 0 Å². The van der Waals surface area contributed by atoms with E-state index in [2.05, 4.69) is 89.7 Å². The third-order valence-electron chi connectivity index (χ3n) is 3.93. The lowest BCUT2D eigenvalue weighted by Gasteiger charge is -2.35. The summed E-state index contributed by atoms with van der Waals surface area (Å²) in [5, 5.41) is 4.36. The van der Waals surface area contributed by atoms with E-state index in [4.69, 9.17) is 0 Å². The normalized spacial score (nSPS) is 14.9. The topological polar surface area (TPSA) is 0 Å². The first-order valence-corrected chi connectivity index (χ1v) is 14.3. The van der Waals surface area contributed by atoms with Crippen molar-refractivity contribution >= 4 is 49.2 Å². The van der Waals surface area contributed by atoms with Crippen LogP contribution in [0, 0.1) is 0 Å². The van der Waals surface area contributed by atoms with Crippen LogP contribution in [0.5, 0.6) is 0 Å². The van der Waals surface area contributed by atoms with Crippen LogP contribution in [0.1, 0.15) is 52.7 Å². The zero-order chi connectivity index (χ0) is 16.7. The molecule has 0 aliphatic carbocycles. The van der Waals surface area contributed by atoms with Gasteiger partial charge < -0.3 is 0 Å². The highest BCUT2D eigenvalue weighted by Crippen LogP contribution is 2.66. The molecule has 0 nitrogen and oxygen atoms in total. The van der Waals surface area contributed by atoms with Crippen molar-refractivity contribution in [2.75, 3.05) is 0 Å². The average Bonchev–Trinajstić information content (AvgIpc) is 2.42. The summed E-state index contributed by atoms with van der Waals surface area (Å²) >= 11 is 0. The van der Waals surface area contributed by atoms with Gasteiger partial charge in [0.25, 0.3) is 0 Å². The number of hydrogen-bond donors (Lipinski definition) is 0. The van der Waals surface area contributed by atoms with E-state index < -0.39 is 0 Å². The molecule has 0 aromatic heterocycles. The van der Waals surface area contributed by atoms with Crippen LogP contribution in [-0.2, 0) is 10.8 Å². The SMILES string of the molecule is CC(C)(C)c1c(P(P)PP)cc2ccccc2c1C(C)(C)C. The summed E-state index contributed by atoms with van der Waals surface area (Å²) in [6, 6.07) is 11.3. The predicted molar refractivity (Wildman–Crippen MR) is 116 cm³/mol. The summed E-state index contributed by atoms with van der Waals surface area (Å²) in [5.41, 5.74) is 3.40. The van der Waals surface area contributed by atoms with E-state index >= 15 is 0 Å². The highest BCUT2D eigenvalue weighted by atomic mass is 32.6. The molecule has 22 heavy (non-hydrogen) atoms. The summed E-state index contributed by atoms with van der Waals surface area (Å²) in [5.74, 6) is 0. The molecule has 0 radical (unpaired) electrons. The maximum absolute atomic E-state index is 3.11. The molecule has 4 atom stereocenters. The summed E-state index contributed by atoms with van der Waals surface area (Å²) in [7, 11) is 6.75. The van der Waals surface area contributed by atoms with Crippen molar-refractivity contribution < 1.29 is 0 Å². The molecule has 0 fully saturated rings. The quantitative estimate of drug-likeness (QED) is 0.517. The number of fused-ring (bicyclic) bond motifs is 1. The monoisotopic (exact) mass is 368 g/mol. The zero-order valence-electron chi connectivity index (χ0n) is 14.5. The zero-order valence-corrected chi connectivity index (χ0v) is 18.7. The predicted octanol–water partition coefficient (Wildman–Crippen LogP) is 6.72. The maximum atomic E-state index is 3.11. The molecule has 4 unspecified atom stereocenters. The molecule has 0 spiro atoms. The Labute approximate surface area is 143 Å². The minimum Gasteiger partial charge on any atom is -0.109 e. The van der Waals surface area contributed by atoms with Crippen LogP contribution < -0.4 is 5.30 Å². The van der Waals surface area contributed by atoms with E-state index in [0.29, 0.717) is 0 Å². The molecule has 0 saturated carbocycles. The van der Waals surface area contributed by atoms with Crippen LogP contribution in [0.2, 0.25) is 0 Å². The lowest BCUT2D eigenvalue weighted by Crippen LogP contribution is -2.28. The Hall–Kier alpha value is 0.420. The van der Waals surface area contributed by atoms with Crippen LogP contribution >= 0.6 is 33.1 Å². The Morgan fingerprint density at radius 1 is 0.909 bits per heavy atom. The van der Waals surface area contributed by atoms with E-state index in [-0.39, 0.29) is 18.1 Å². The van der Waals surface area contributed by atoms with Crippen molar-refractivity contribution in [3.8, 4) is 0 Å². The van der Waals surface area contributed by atoms with Gasteiger partial charge in [-0.2, -0.15) is 0 Å². The Balaban J connectivity index is 3.01. The van der Waals surface area contributed by atoms with Gasteiger partial charge in [0.2, 0.25) is 0 Å². The molecule has 2 aromatic rings. The largest absolute Gasteiger partial charge is 0.109 e. The van der Waals surface area contributed by atoms with Crippen molar-refractivity contribution in [2.24, 2.45) is 0 Å². The molecule has 120 valence electrons. The molecule has 0 aliphatic rings. The summed E-state index contributed by atoms with van der Waals surface area (Å²) < 4.78 is 0. The highest BCUT2D eigenvalue weighted by Gasteiger charge is 2.31. The van der Waals surface area contributed by atoms with Crippen molar-refractivity contribution in [2.45, 2.75) is 52.4 Å². The minimum atomic E-state index is -0.188. The van der Waals surface area contributed by atoms with Gasteiger partial charge in [0.05, 0.1) is 0 Å². The van der Waals surface area contributed by atoms with E-state index in [1.54, 1.807) is 10.9 Å². The molecule has 0 aliphatic heterocycles. The first-order chi connectivity index (χ1) is 10.1. The lowest BCUT2D eigenvalue weighted by molar-refractivity contribution is 0.538. The fourth-order valence-electron chi connectivity index (χ4n) is 3.13. The Kier molecular flexibility index (Phi) is 5.74.